The quantitative estimate of drug-likeness (QED) is 0.603. The predicted octanol–water partition coefficient (Wildman–Crippen LogP) is 2.34. The molecule has 5 rings (SSSR count). The third-order valence-electron chi connectivity index (χ3n) is 7.24. The van der Waals surface area contributed by atoms with E-state index in [1.165, 1.54) is 17.1 Å². The first-order chi connectivity index (χ1) is 18.2. The van der Waals surface area contributed by atoms with Gasteiger partial charge in [-0.1, -0.05) is 0 Å². The van der Waals surface area contributed by atoms with Gasteiger partial charge in [0.05, 0.1) is 12.2 Å². The molecule has 0 spiro atoms. The number of benzene rings is 1. The topological polar surface area (TPSA) is 88.5 Å². The first-order valence-electron chi connectivity index (χ1n) is 12.5. The molecule has 2 aromatic rings. The molecule has 0 N–H and O–H groups in total. The van der Waals surface area contributed by atoms with Crippen molar-refractivity contribution in [3.63, 3.8) is 0 Å². The van der Waals surface area contributed by atoms with Crippen molar-refractivity contribution >= 4 is 24.1 Å². The second kappa shape index (κ2) is 10.6. The molecule has 3 amide bonds. The summed E-state index contributed by atoms with van der Waals surface area (Å²) in [6.45, 7) is 2.35. The summed E-state index contributed by atoms with van der Waals surface area (Å²) in [4.78, 5) is 41.6. The predicted molar refractivity (Wildman–Crippen MR) is 133 cm³/mol. The van der Waals surface area contributed by atoms with Crippen molar-refractivity contribution in [3.05, 3.63) is 53.1 Å². The fourth-order valence-electron chi connectivity index (χ4n) is 5.04. The lowest BCUT2D eigenvalue weighted by Gasteiger charge is -2.37. The van der Waals surface area contributed by atoms with Crippen molar-refractivity contribution in [2.75, 3.05) is 58.3 Å². The van der Waals surface area contributed by atoms with Crippen molar-refractivity contribution < 1.29 is 22.8 Å². The standard InChI is InChI=1S/C25H29F3N8O2/c1-32(2)19-4-6-35(15-19)23(37)22-20(28)14-29-24(31-22)33-7-9-34(10-8-33)25(38)36-21(3-5-30-36)16-11-17(26)13-18(27)12-16/h5,11-14,19,21H,3-4,6-10,15H2,1-2H3. The smallest absolute Gasteiger partial charge is 0.337 e. The van der Waals surface area contributed by atoms with E-state index in [1.807, 2.05) is 19.0 Å². The Morgan fingerprint density at radius 1 is 0.974 bits per heavy atom. The van der Waals surface area contributed by atoms with Crippen LogP contribution in [0.25, 0.3) is 0 Å². The van der Waals surface area contributed by atoms with Crippen LogP contribution >= 0.6 is 0 Å². The Kier molecular flexibility index (Phi) is 7.19. The van der Waals surface area contributed by atoms with Gasteiger partial charge in [-0.3, -0.25) is 4.79 Å². The van der Waals surface area contributed by atoms with E-state index in [-0.39, 0.29) is 23.7 Å². The number of hydrogen-bond acceptors (Lipinski definition) is 7. The highest BCUT2D eigenvalue weighted by Crippen LogP contribution is 2.30. The zero-order chi connectivity index (χ0) is 27.0. The maximum atomic E-state index is 14.5. The molecular formula is C25H29F3N8O2. The number of urea groups is 1. The molecule has 0 bridgehead atoms. The summed E-state index contributed by atoms with van der Waals surface area (Å²) in [7, 11) is 3.90. The summed E-state index contributed by atoms with van der Waals surface area (Å²) in [5, 5.41) is 5.39. The number of nitrogens with zero attached hydrogens (tertiary/aromatic N) is 8. The highest BCUT2D eigenvalue weighted by Gasteiger charge is 2.35. The fourth-order valence-corrected chi connectivity index (χ4v) is 5.04. The number of likely N-dealkylation sites (N-methyl/N-ethyl adjacent to an activating group) is 1. The molecule has 0 saturated carbocycles. The minimum Gasteiger partial charge on any atom is -0.337 e. The molecule has 38 heavy (non-hydrogen) atoms. The molecule has 2 fully saturated rings. The van der Waals surface area contributed by atoms with E-state index in [2.05, 4.69) is 15.1 Å². The number of aromatic nitrogens is 2. The van der Waals surface area contributed by atoms with Crippen LogP contribution in [0.15, 0.2) is 29.5 Å². The van der Waals surface area contributed by atoms with Crippen LogP contribution in [0.2, 0.25) is 0 Å². The van der Waals surface area contributed by atoms with E-state index in [0.29, 0.717) is 51.3 Å². The van der Waals surface area contributed by atoms with Crippen LogP contribution in [0, 0.1) is 17.5 Å². The van der Waals surface area contributed by atoms with Crippen LogP contribution in [0.1, 0.15) is 34.9 Å². The summed E-state index contributed by atoms with van der Waals surface area (Å²) in [5.41, 5.74) is 0.0725. The number of likely N-dealkylation sites (tertiary alicyclic amines) is 1. The van der Waals surface area contributed by atoms with Gasteiger partial charge in [0.1, 0.15) is 11.6 Å². The number of hydrogen-bond donors (Lipinski definition) is 0. The maximum Gasteiger partial charge on any atom is 0.341 e. The van der Waals surface area contributed by atoms with Gasteiger partial charge in [-0.15, -0.1) is 0 Å². The fraction of sp³-hybridized carbons (Fsp3) is 0.480. The Hall–Kier alpha value is -3.74. The zero-order valence-corrected chi connectivity index (χ0v) is 21.2. The van der Waals surface area contributed by atoms with Gasteiger partial charge in [0.2, 0.25) is 5.95 Å². The minimum absolute atomic E-state index is 0.216. The molecule has 1 aromatic heterocycles. The largest absolute Gasteiger partial charge is 0.341 e. The lowest BCUT2D eigenvalue weighted by Crippen LogP contribution is -2.52. The van der Waals surface area contributed by atoms with E-state index >= 15 is 0 Å². The van der Waals surface area contributed by atoms with Crippen LogP contribution in [0.5, 0.6) is 0 Å². The molecule has 2 unspecified atom stereocenters. The molecule has 3 aliphatic heterocycles. The summed E-state index contributed by atoms with van der Waals surface area (Å²) < 4.78 is 42.0. The highest BCUT2D eigenvalue weighted by molar-refractivity contribution is 5.93. The van der Waals surface area contributed by atoms with Crippen molar-refractivity contribution in [2.45, 2.75) is 24.9 Å². The van der Waals surface area contributed by atoms with Gasteiger partial charge in [-0.2, -0.15) is 5.10 Å². The zero-order valence-electron chi connectivity index (χ0n) is 21.2. The average Bonchev–Trinajstić information content (AvgIpc) is 3.58. The van der Waals surface area contributed by atoms with Gasteiger partial charge in [0.25, 0.3) is 5.91 Å². The van der Waals surface area contributed by atoms with Crippen molar-refractivity contribution in [3.8, 4) is 0 Å². The number of piperazine rings is 1. The van der Waals surface area contributed by atoms with Crippen LogP contribution in [-0.4, -0.2) is 107 Å². The molecule has 2 saturated heterocycles. The van der Waals surface area contributed by atoms with Gasteiger partial charge < -0.3 is 19.6 Å². The van der Waals surface area contributed by atoms with Crippen LogP contribution < -0.4 is 4.90 Å². The van der Waals surface area contributed by atoms with E-state index in [0.717, 1.165) is 18.7 Å². The third kappa shape index (κ3) is 5.15. The lowest BCUT2D eigenvalue weighted by atomic mass is 10.0. The number of halogens is 3. The Labute approximate surface area is 218 Å². The van der Waals surface area contributed by atoms with E-state index in [1.54, 1.807) is 20.9 Å². The summed E-state index contributed by atoms with van der Waals surface area (Å²) >= 11 is 0. The number of carbonyl (C=O) groups is 2. The molecular weight excluding hydrogens is 501 g/mol. The first-order valence-corrected chi connectivity index (χ1v) is 12.5. The van der Waals surface area contributed by atoms with Gasteiger partial charge in [0, 0.05) is 64.0 Å². The maximum absolute atomic E-state index is 14.5. The summed E-state index contributed by atoms with van der Waals surface area (Å²) in [6.07, 6.45) is 3.72. The normalized spacial score (nSPS) is 21.6. The monoisotopic (exact) mass is 530 g/mol. The Morgan fingerprint density at radius 2 is 1.68 bits per heavy atom. The highest BCUT2D eigenvalue weighted by atomic mass is 19.1. The summed E-state index contributed by atoms with van der Waals surface area (Å²) in [5.74, 6) is -2.44. The van der Waals surface area contributed by atoms with Gasteiger partial charge in [0.15, 0.2) is 11.5 Å². The number of hydrazone groups is 1. The second-order valence-electron chi connectivity index (χ2n) is 9.88. The number of rotatable bonds is 4. The Balaban J connectivity index is 1.23. The number of amides is 3. The van der Waals surface area contributed by atoms with Gasteiger partial charge in [-0.05, 0) is 38.2 Å². The number of anilines is 1. The average molecular weight is 531 g/mol. The SMILES string of the molecule is CN(C)C1CCN(C(=O)c2nc(N3CCN(C(=O)N4N=CCC4c4cc(F)cc(F)c4)CC3)ncc2F)C1. The molecule has 4 heterocycles. The molecule has 0 aliphatic carbocycles. The third-order valence-corrected chi connectivity index (χ3v) is 7.24. The van der Waals surface area contributed by atoms with Crippen molar-refractivity contribution in [1.82, 2.24) is 29.7 Å². The minimum atomic E-state index is -0.771. The van der Waals surface area contributed by atoms with E-state index in [4.69, 9.17) is 0 Å². The van der Waals surface area contributed by atoms with Crippen molar-refractivity contribution in [1.29, 1.82) is 0 Å². The molecule has 202 valence electrons. The van der Waals surface area contributed by atoms with Crippen LogP contribution in [-0.2, 0) is 0 Å². The molecule has 10 nitrogen and oxygen atoms in total. The van der Waals surface area contributed by atoms with E-state index in [9.17, 15) is 22.8 Å². The number of carbonyl (C=O) groups excluding carboxylic acids is 2. The summed E-state index contributed by atoms with van der Waals surface area (Å²) in [6, 6.07) is 2.43. The molecule has 1 aromatic carbocycles. The van der Waals surface area contributed by atoms with Crippen LogP contribution in [0.4, 0.5) is 23.9 Å². The van der Waals surface area contributed by atoms with Gasteiger partial charge in [-0.25, -0.2) is 32.9 Å². The molecule has 3 aliphatic rings. The second-order valence-corrected chi connectivity index (χ2v) is 9.88. The van der Waals surface area contributed by atoms with Crippen LogP contribution in [0.3, 0.4) is 0 Å². The Bertz CT molecular complexity index is 1230. The first kappa shape index (κ1) is 25.9. The molecule has 0 radical (unpaired) electrons. The van der Waals surface area contributed by atoms with Crippen molar-refractivity contribution in [2.24, 2.45) is 5.10 Å². The molecule has 2 atom stereocenters. The Morgan fingerprint density at radius 3 is 2.34 bits per heavy atom. The van der Waals surface area contributed by atoms with Gasteiger partial charge >= 0.3 is 6.03 Å². The molecule has 13 heteroatoms. The van der Waals surface area contributed by atoms with E-state index < -0.39 is 29.4 Å². The lowest BCUT2D eigenvalue weighted by molar-refractivity contribution is 0.0772.